The van der Waals surface area contributed by atoms with Crippen molar-refractivity contribution >= 4 is 17.5 Å². The second kappa shape index (κ2) is 8.45. The Morgan fingerprint density at radius 3 is 2.36 bits per heavy atom. The van der Waals surface area contributed by atoms with Crippen molar-refractivity contribution in [1.82, 2.24) is 9.80 Å². The summed E-state index contributed by atoms with van der Waals surface area (Å²) in [6, 6.07) is 7.29. The molecule has 1 aromatic rings. The number of hydrogen-bond donors (Lipinski definition) is 1. The molecule has 138 valence electrons. The van der Waals surface area contributed by atoms with Gasteiger partial charge in [-0.2, -0.15) is 0 Å². The number of hydrogen-bond acceptors (Lipinski definition) is 4. The quantitative estimate of drug-likeness (QED) is 0.884. The van der Waals surface area contributed by atoms with E-state index in [1.807, 2.05) is 56.9 Å². The minimum absolute atomic E-state index is 0.0348. The maximum Gasteiger partial charge on any atom is 0.239 e. The molecule has 0 aromatic heterocycles. The lowest BCUT2D eigenvalue weighted by Gasteiger charge is -2.38. The van der Waals surface area contributed by atoms with Crippen LogP contribution in [-0.4, -0.2) is 66.5 Å². The number of nitrogens with one attached hydrogen (secondary N) is 1. The molecule has 0 saturated carbocycles. The van der Waals surface area contributed by atoms with E-state index in [1.54, 1.807) is 11.9 Å². The lowest BCUT2D eigenvalue weighted by atomic mass is 10.2. The lowest BCUT2D eigenvalue weighted by molar-refractivity contribution is -0.148. The van der Waals surface area contributed by atoms with Crippen LogP contribution in [0.1, 0.15) is 26.3 Å². The molecule has 1 fully saturated rings. The van der Waals surface area contributed by atoms with E-state index >= 15 is 0 Å². The molecule has 0 spiro atoms. The van der Waals surface area contributed by atoms with Crippen LogP contribution in [-0.2, 0) is 14.3 Å². The van der Waals surface area contributed by atoms with E-state index < -0.39 is 0 Å². The number of ether oxygens (including phenoxy) is 1. The molecule has 1 aliphatic heterocycles. The number of benzene rings is 1. The predicted molar refractivity (Wildman–Crippen MR) is 98.5 cm³/mol. The summed E-state index contributed by atoms with van der Waals surface area (Å²) in [5.74, 6) is -0.0950. The van der Waals surface area contributed by atoms with Crippen LogP contribution in [0.5, 0.6) is 0 Å². The summed E-state index contributed by atoms with van der Waals surface area (Å²) in [5.41, 5.74) is 1.90. The normalized spacial score (nSPS) is 21.9. The van der Waals surface area contributed by atoms with Gasteiger partial charge in [-0.25, -0.2) is 0 Å². The van der Waals surface area contributed by atoms with Gasteiger partial charge in [0.25, 0.3) is 0 Å². The van der Waals surface area contributed by atoms with E-state index in [9.17, 15) is 9.59 Å². The minimum atomic E-state index is -0.360. The molecular formula is C19H29N3O3. The van der Waals surface area contributed by atoms with Gasteiger partial charge in [0.2, 0.25) is 11.8 Å². The number of likely N-dealkylation sites (N-methyl/N-ethyl adjacent to an activating group) is 1. The summed E-state index contributed by atoms with van der Waals surface area (Å²) in [7, 11) is 1.80. The highest BCUT2D eigenvalue weighted by molar-refractivity contribution is 5.92. The second-order valence-electron chi connectivity index (χ2n) is 7.01. The summed E-state index contributed by atoms with van der Waals surface area (Å²) in [4.78, 5) is 28.5. The molecule has 3 atom stereocenters. The zero-order chi connectivity index (χ0) is 18.6. The molecule has 6 nitrogen and oxygen atoms in total. The fourth-order valence-corrected chi connectivity index (χ4v) is 3.01. The van der Waals surface area contributed by atoms with E-state index in [1.165, 1.54) is 0 Å². The number of aryl methyl sites for hydroxylation is 1. The van der Waals surface area contributed by atoms with E-state index in [-0.39, 0.29) is 36.6 Å². The van der Waals surface area contributed by atoms with Crippen LogP contribution in [0.25, 0.3) is 0 Å². The molecule has 0 aliphatic carbocycles. The Bertz CT molecular complexity index is 592. The molecule has 25 heavy (non-hydrogen) atoms. The Morgan fingerprint density at radius 2 is 1.80 bits per heavy atom. The van der Waals surface area contributed by atoms with Crippen molar-refractivity contribution in [3.05, 3.63) is 29.8 Å². The van der Waals surface area contributed by atoms with Crippen molar-refractivity contribution in [2.75, 3.05) is 32.0 Å². The Balaban J connectivity index is 1.88. The van der Waals surface area contributed by atoms with Gasteiger partial charge in [-0.15, -0.1) is 0 Å². The zero-order valence-corrected chi connectivity index (χ0v) is 15.8. The van der Waals surface area contributed by atoms with Gasteiger partial charge < -0.3 is 15.0 Å². The summed E-state index contributed by atoms with van der Waals surface area (Å²) in [5, 5.41) is 2.86. The highest BCUT2D eigenvalue weighted by atomic mass is 16.5. The van der Waals surface area contributed by atoms with Gasteiger partial charge in [0.1, 0.15) is 0 Å². The highest BCUT2D eigenvalue weighted by Crippen LogP contribution is 2.14. The van der Waals surface area contributed by atoms with Gasteiger partial charge in [0.05, 0.1) is 24.8 Å². The molecule has 0 bridgehead atoms. The average Bonchev–Trinajstić information content (AvgIpc) is 2.54. The first-order valence-corrected chi connectivity index (χ1v) is 8.77. The van der Waals surface area contributed by atoms with Gasteiger partial charge in [-0.3, -0.25) is 14.5 Å². The second-order valence-corrected chi connectivity index (χ2v) is 7.01. The third-order valence-electron chi connectivity index (χ3n) is 4.48. The van der Waals surface area contributed by atoms with Gasteiger partial charge in [-0.1, -0.05) is 17.7 Å². The number of rotatable bonds is 5. The fraction of sp³-hybridized carbons (Fsp3) is 0.579. The number of amides is 2. The zero-order valence-electron chi connectivity index (χ0n) is 15.8. The van der Waals surface area contributed by atoms with Crippen LogP contribution in [0.15, 0.2) is 24.3 Å². The number of carbonyl (C=O) groups is 2. The first kappa shape index (κ1) is 19.4. The van der Waals surface area contributed by atoms with Crippen LogP contribution < -0.4 is 5.32 Å². The number of anilines is 1. The fourth-order valence-electron chi connectivity index (χ4n) is 3.01. The molecule has 1 N–H and O–H groups in total. The Hall–Kier alpha value is -1.92. The molecule has 2 rings (SSSR count). The van der Waals surface area contributed by atoms with Crippen molar-refractivity contribution < 1.29 is 14.3 Å². The van der Waals surface area contributed by atoms with Crippen LogP contribution >= 0.6 is 0 Å². The molecule has 2 amide bonds. The van der Waals surface area contributed by atoms with Crippen molar-refractivity contribution in [2.24, 2.45) is 0 Å². The van der Waals surface area contributed by atoms with Crippen LogP contribution in [0.4, 0.5) is 5.69 Å². The summed E-state index contributed by atoms with van der Waals surface area (Å²) >= 11 is 0. The third kappa shape index (κ3) is 5.54. The first-order valence-electron chi connectivity index (χ1n) is 8.77. The van der Waals surface area contributed by atoms with Crippen LogP contribution in [0.3, 0.4) is 0 Å². The van der Waals surface area contributed by atoms with Gasteiger partial charge in [0, 0.05) is 18.8 Å². The lowest BCUT2D eigenvalue weighted by Crippen LogP contribution is -2.54. The molecule has 6 heteroatoms. The summed E-state index contributed by atoms with van der Waals surface area (Å²) < 4.78 is 5.67. The van der Waals surface area contributed by atoms with Gasteiger partial charge in [-0.05, 0) is 46.9 Å². The van der Waals surface area contributed by atoms with E-state index in [4.69, 9.17) is 4.74 Å². The van der Waals surface area contributed by atoms with Gasteiger partial charge in [0.15, 0.2) is 0 Å². The van der Waals surface area contributed by atoms with Crippen molar-refractivity contribution in [1.29, 1.82) is 0 Å². The third-order valence-corrected chi connectivity index (χ3v) is 4.48. The Labute approximate surface area is 150 Å². The first-order chi connectivity index (χ1) is 11.8. The van der Waals surface area contributed by atoms with E-state index in [0.717, 1.165) is 11.3 Å². The number of nitrogens with zero attached hydrogens (tertiary/aromatic N) is 2. The Morgan fingerprint density at radius 1 is 1.24 bits per heavy atom. The van der Waals surface area contributed by atoms with Crippen molar-refractivity contribution in [3.63, 3.8) is 0 Å². The standard InChI is InChI=1S/C19H29N3O3/c1-13-6-8-17(9-7-13)20-18(23)12-21(5)16(4)19(24)22-10-14(2)25-15(3)11-22/h6-9,14-16H,10-12H2,1-5H3,(H,20,23). The smallest absolute Gasteiger partial charge is 0.239 e. The molecule has 1 aliphatic rings. The minimum Gasteiger partial charge on any atom is -0.372 e. The highest BCUT2D eigenvalue weighted by Gasteiger charge is 2.30. The van der Waals surface area contributed by atoms with Crippen LogP contribution in [0.2, 0.25) is 0 Å². The van der Waals surface area contributed by atoms with Crippen LogP contribution in [0, 0.1) is 6.92 Å². The largest absolute Gasteiger partial charge is 0.372 e. The summed E-state index contributed by atoms with van der Waals surface area (Å²) in [6.45, 7) is 9.13. The van der Waals surface area contributed by atoms with E-state index in [2.05, 4.69) is 5.32 Å². The number of morpholine rings is 1. The van der Waals surface area contributed by atoms with Crippen molar-refractivity contribution in [3.8, 4) is 0 Å². The molecule has 0 radical (unpaired) electrons. The molecule has 3 unspecified atom stereocenters. The topological polar surface area (TPSA) is 61.9 Å². The average molecular weight is 347 g/mol. The molecular weight excluding hydrogens is 318 g/mol. The molecule has 1 aromatic carbocycles. The molecule has 1 heterocycles. The molecule has 1 saturated heterocycles. The predicted octanol–water partition coefficient (Wildman–Crippen LogP) is 1.89. The number of carbonyl (C=O) groups excluding carboxylic acids is 2. The summed E-state index contributed by atoms with van der Waals surface area (Å²) in [6.07, 6.45) is 0.0742. The Kier molecular flexibility index (Phi) is 6.56. The van der Waals surface area contributed by atoms with Gasteiger partial charge >= 0.3 is 0 Å². The van der Waals surface area contributed by atoms with E-state index in [0.29, 0.717) is 13.1 Å². The SMILES string of the molecule is Cc1ccc(NC(=O)CN(C)C(C)C(=O)N2CC(C)OC(C)C2)cc1. The maximum atomic E-state index is 12.7. The monoisotopic (exact) mass is 347 g/mol. The maximum absolute atomic E-state index is 12.7. The van der Waals surface area contributed by atoms with Crippen molar-refractivity contribution in [2.45, 2.75) is 45.9 Å².